The molecule has 4 heteroatoms. The average Bonchev–Trinajstić information content (AvgIpc) is 2.28. The van der Waals surface area contributed by atoms with Gasteiger partial charge in [0.05, 0.1) is 6.10 Å². The van der Waals surface area contributed by atoms with E-state index in [9.17, 15) is 9.50 Å². The van der Waals surface area contributed by atoms with Gasteiger partial charge in [-0.3, -0.25) is 4.90 Å². The summed E-state index contributed by atoms with van der Waals surface area (Å²) < 4.78 is 13.5. The van der Waals surface area contributed by atoms with E-state index in [1.54, 1.807) is 18.2 Å². The largest absolute Gasteiger partial charge is 0.391 e. The zero-order valence-electron chi connectivity index (χ0n) is 9.53. The fraction of sp³-hybridized carbons (Fsp3) is 0.500. The van der Waals surface area contributed by atoms with Crippen LogP contribution in [0.5, 0.6) is 0 Å². The molecule has 0 aromatic heterocycles. The maximum Gasteiger partial charge on any atom is 0.127 e. The van der Waals surface area contributed by atoms with E-state index in [4.69, 9.17) is 11.6 Å². The van der Waals surface area contributed by atoms with E-state index in [0.29, 0.717) is 12.1 Å². The molecule has 2 unspecified atom stereocenters. The molecular weight excluding hydrogens is 229 g/mol. The molecule has 0 radical (unpaired) electrons. The third kappa shape index (κ3) is 3.44. The molecule has 1 aromatic rings. The Hall–Kier alpha value is -0.640. The van der Waals surface area contributed by atoms with Crippen molar-refractivity contribution in [2.45, 2.75) is 19.1 Å². The molecule has 90 valence electrons. The van der Waals surface area contributed by atoms with Gasteiger partial charge in [0.25, 0.3) is 0 Å². The van der Waals surface area contributed by atoms with Crippen molar-refractivity contribution in [1.29, 1.82) is 0 Å². The summed E-state index contributed by atoms with van der Waals surface area (Å²) in [5.41, 5.74) is 0.631. The summed E-state index contributed by atoms with van der Waals surface area (Å²) in [6, 6.07) is 6.58. The Morgan fingerprint density at radius 1 is 1.44 bits per heavy atom. The van der Waals surface area contributed by atoms with E-state index in [1.807, 2.05) is 18.9 Å². The summed E-state index contributed by atoms with van der Waals surface area (Å²) >= 11 is 5.53. The Labute approximate surface area is 101 Å². The average molecular weight is 246 g/mol. The molecule has 0 bridgehead atoms. The number of hydrogen-bond acceptors (Lipinski definition) is 2. The maximum atomic E-state index is 13.5. The van der Waals surface area contributed by atoms with Crippen LogP contribution < -0.4 is 0 Å². The second-order valence-corrected chi connectivity index (χ2v) is 4.25. The quantitative estimate of drug-likeness (QED) is 0.806. The number of benzene rings is 1. The number of aliphatic hydroxyl groups excluding tert-OH is 1. The monoisotopic (exact) mass is 245 g/mol. The lowest BCUT2D eigenvalue weighted by Crippen LogP contribution is -2.32. The zero-order valence-corrected chi connectivity index (χ0v) is 10.3. The van der Waals surface area contributed by atoms with E-state index < -0.39 is 6.10 Å². The van der Waals surface area contributed by atoms with Crippen LogP contribution in [0.15, 0.2) is 24.3 Å². The molecule has 1 aromatic carbocycles. The van der Waals surface area contributed by atoms with Gasteiger partial charge in [-0.15, -0.1) is 11.6 Å². The summed E-state index contributed by atoms with van der Waals surface area (Å²) in [5, 5.41) is 9.43. The Morgan fingerprint density at radius 3 is 2.62 bits per heavy atom. The molecule has 0 heterocycles. The first-order chi connectivity index (χ1) is 7.56. The summed E-state index contributed by atoms with van der Waals surface area (Å²) in [7, 11) is 1.84. The Balaban J connectivity index is 2.70. The molecule has 0 spiro atoms. The van der Waals surface area contributed by atoms with Crippen LogP contribution in [-0.4, -0.2) is 35.6 Å². The normalized spacial score (nSPS) is 15.1. The van der Waals surface area contributed by atoms with Crippen molar-refractivity contribution < 1.29 is 9.50 Å². The van der Waals surface area contributed by atoms with E-state index in [1.165, 1.54) is 6.07 Å². The minimum absolute atomic E-state index is 0.0842. The Kier molecular flexibility index (Phi) is 5.19. The summed E-state index contributed by atoms with van der Waals surface area (Å²) in [6.45, 7) is 2.33. The maximum absolute atomic E-state index is 13.5. The van der Waals surface area contributed by atoms with Gasteiger partial charge in [-0.25, -0.2) is 4.39 Å². The van der Waals surface area contributed by atoms with Crippen molar-refractivity contribution in [3.05, 3.63) is 35.6 Å². The molecular formula is C12H17ClFNO. The van der Waals surface area contributed by atoms with Crippen LogP contribution in [0.2, 0.25) is 0 Å². The van der Waals surface area contributed by atoms with Crippen molar-refractivity contribution in [2.24, 2.45) is 0 Å². The standard InChI is InChI=1S/C12H17ClFNO/c1-9(15(2)8-10(16)7-13)11-5-3-4-6-12(11)14/h3-6,9-10,16H,7-8H2,1-2H3. The van der Waals surface area contributed by atoms with E-state index >= 15 is 0 Å². The molecule has 0 saturated heterocycles. The predicted octanol–water partition coefficient (Wildman–Crippen LogP) is 2.42. The molecule has 0 aliphatic carbocycles. The topological polar surface area (TPSA) is 23.5 Å². The molecule has 0 amide bonds. The number of rotatable bonds is 5. The third-order valence-corrected chi connectivity index (χ3v) is 3.05. The first-order valence-electron chi connectivity index (χ1n) is 5.25. The van der Waals surface area contributed by atoms with Crippen LogP contribution in [0.1, 0.15) is 18.5 Å². The first kappa shape index (κ1) is 13.4. The van der Waals surface area contributed by atoms with Crippen LogP contribution in [0, 0.1) is 5.82 Å². The van der Waals surface area contributed by atoms with Crippen molar-refractivity contribution >= 4 is 11.6 Å². The van der Waals surface area contributed by atoms with Gasteiger partial charge in [0.2, 0.25) is 0 Å². The highest BCUT2D eigenvalue weighted by Crippen LogP contribution is 2.21. The summed E-state index contributed by atoms with van der Waals surface area (Å²) in [6.07, 6.45) is -0.583. The molecule has 1 rings (SSSR count). The highest BCUT2D eigenvalue weighted by Gasteiger charge is 2.17. The van der Waals surface area contributed by atoms with Crippen LogP contribution >= 0.6 is 11.6 Å². The van der Waals surface area contributed by atoms with Gasteiger partial charge in [0.1, 0.15) is 5.82 Å². The van der Waals surface area contributed by atoms with E-state index in [0.717, 1.165) is 0 Å². The van der Waals surface area contributed by atoms with Crippen LogP contribution in [0.4, 0.5) is 4.39 Å². The molecule has 2 atom stereocenters. The van der Waals surface area contributed by atoms with Gasteiger partial charge in [-0.1, -0.05) is 18.2 Å². The molecule has 0 aliphatic rings. The molecule has 0 aliphatic heterocycles. The first-order valence-corrected chi connectivity index (χ1v) is 5.78. The van der Waals surface area contributed by atoms with Crippen LogP contribution in [-0.2, 0) is 0 Å². The van der Waals surface area contributed by atoms with Gasteiger partial charge in [0.15, 0.2) is 0 Å². The van der Waals surface area contributed by atoms with Gasteiger partial charge in [-0.05, 0) is 20.0 Å². The van der Waals surface area contributed by atoms with Crippen LogP contribution in [0.25, 0.3) is 0 Å². The fourth-order valence-corrected chi connectivity index (χ4v) is 1.69. The van der Waals surface area contributed by atoms with Gasteiger partial charge >= 0.3 is 0 Å². The van der Waals surface area contributed by atoms with Crippen molar-refractivity contribution in [1.82, 2.24) is 4.90 Å². The third-order valence-electron chi connectivity index (χ3n) is 2.69. The minimum Gasteiger partial charge on any atom is -0.391 e. The summed E-state index contributed by atoms with van der Waals surface area (Å²) in [5.74, 6) is -0.0314. The van der Waals surface area contributed by atoms with Crippen molar-refractivity contribution in [2.75, 3.05) is 19.5 Å². The minimum atomic E-state index is -0.583. The smallest absolute Gasteiger partial charge is 0.127 e. The van der Waals surface area contributed by atoms with Gasteiger partial charge in [0, 0.05) is 24.0 Å². The van der Waals surface area contributed by atoms with E-state index in [2.05, 4.69) is 0 Å². The number of aliphatic hydroxyl groups is 1. The molecule has 0 fully saturated rings. The number of halogens is 2. The van der Waals surface area contributed by atoms with E-state index in [-0.39, 0.29) is 17.7 Å². The fourth-order valence-electron chi connectivity index (χ4n) is 1.59. The Bertz CT molecular complexity index is 335. The lowest BCUT2D eigenvalue weighted by Gasteiger charge is -2.26. The lowest BCUT2D eigenvalue weighted by molar-refractivity contribution is 0.123. The molecule has 16 heavy (non-hydrogen) atoms. The van der Waals surface area contributed by atoms with Crippen LogP contribution in [0.3, 0.4) is 0 Å². The number of likely N-dealkylation sites (N-methyl/N-ethyl adjacent to an activating group) is 1. The van der Waals surface area contributed by atoms with Crippen molar-refractivity contribution in [3.63, 3.8) is 0 Å². The van der Waals surface area contributed by atoms with Gasteiger partial charge < -0.3 is 5.11 Å². The van der Waals surface area contributed by atoms with Crippen molar-refractivity contribution in [3.8, 4) is 0 Å². The molecule has 2 nitrogen and oxygen atoms in total. The highest BCUT2D eigenvalue weighted by molar-refractivity contribution is 6.18. The summed E-state index contributed by atoms with van der Waals surface area (Å²) in [4.78, 5) is 1.88. The number of nitrogens with zero attached hydrogens (tertiary/aromatic N) is 1. The number of hydrogen-bond donors (Lipinski definition) is 1. The van der Waals surface area contributed by atoms with Gasteiger partial charge in [-0.2, -0.15) is 0 Å². The molecule has 0 saturated carbocycles. The second-order valence-electron chi connectivity index (χ2n) is 3.95. The second kappa shape index (κ2) is 6.18. The Morgan fingerprint density at radius 2 is 2.06 bits per heavy atom. The SMILES string of the molecule is CC(c1ccccc1F)N(C)CC(O)CCl. The number of alkyl halides is 1. The zero-order chi connectivity index (χ0) is 12.1. The lowest BCUT2D eigenvalue weighted by atomic mass is 10.1. The molecule has 1 N–H and O–H groups in total. The highest BCUT2D eigenvalue weighted by atomic mass is 35.5. The predicted molar refractivity (Wildman–Crippen MR) is 64.2 cm³/mol.